The number of nitrogens with two attached hydrogens (primary N) is 1. The Bertz CT molecular complexity index is 707. The number of aryl methyl sites for hydroxylation is 2. The summed E-state index contributed by atoms with van der Waals surface area (Å²) in [6.45, 7) is 4.81. The fourth-order valence-electron chi connectivity index (χ4n) is 1.76. The molecule has 1 heterocycles. The van der Waals surface area contributed by atoms with Crippen LogP contribution < -0.4 is 10.5 Å². The summed E-state index contributed by atoms with van der Waals surface area (Å²) in [7, 11) is -3.61. The lowest BCUT2D eigenvalue weighted by Gasteiger charge is -2.08. The first-order chi connectivity index (χ1) is 9.42. The molecule has 3 N–H and O–H groups in total. The zero-order valence-electron chi connectivity index (χ0n) is 11.5. The Morgan fingerprint density at radius 1 is 1.30 bits per heavy atom. The molecule has 0 atom stereocenters. The molecule has 0 amide bonds. The maximum absolute atomic E-state index is 12.2. The van der Waals surface area contributed by atoms with E-state index in [2.05, 4.69) is 9.82 Å². The van der Waals surface area contributed by atoms with Crippen LogP contribution in [0.25, 0.3) is 0 Å². The second kappa shape index (κ2) is 5.64. The molecule has 0 saturated heterocycles. The van der Waals surface area contributed by atoms with Gasteiger partial charge in [0.05, 0.1) is 12.7 Å². The molecule has 2 rings (SSSR count). The van der Waals surface area contributed by atoms with Crippen LogP contribution in [0.4, 0.5) is 5.69 Å². The number of nitrogens with zero attached hydrogens (tertiary/aromatic N) is 2. The van der Waals surface area contributed by atoms with Gasteiger partial charge in [-0.3, -0.25) is 9.40 Å². The minimum absolute atomic E-state index is 0.129. The van der Waals surface area contributed by atoms with Crippen molar-refractivity contribution in [3.8, 4) is 0 Å². The molecule has 20 heavy (non-hydrogen) atoms. The van der Waals surface area contributed by atoms with Crippen molar-refractivity contribution in [1.29, 1.82) is 0 Å². The first-order valence-electron chi connectivity index (χ1n) is 6.25. The second-order valence-corrected chi connectivity index (χ2v) is 6.31. The molecule has 0 bridgehead atoms. The third kappa shape index (κ3) is 3.17. The van der Waals surface area contributed by atoms with Gasteiger partial charge in [-0.25, -0.2) is 8.42 Å². The molecule has 1 aromatic heterocycles. The third-order valence-electron chi connectivity index (χ3n) is 3.04. The van der Waals surface area contributed by atoms with Crippen LogP contribution in [0, 0.1) is 13.8 Å². The highest BCUT2D eigenvalue weighted by Crippen LogP contribution is 2.18. The Morgan fingerprint density at radius 3 is 2.70 bits per heavy atom. The van der Waals surface area contributed by atoms with Crippen molar-refractivity contribution >= 4 is 15.7 Å². The fourth-order valence-corrected chi connectivity index (χ4v) is 2.76. The predicted octanol–water partition coefficient (Wildman–Crippen LogP) is 1.26. The first kappa shape index (κ1) is 14.5. The summed E-state index contributed by atoms with van der Waals surface area (Å²) in [5, 5.41) is 3.96. The average molecular weight is 294 g/mol. The van der Waals surface area contributed by atoms with E-state index in [1.165, 1.54) is 17.1 Å². The zero-order chi connectivity index (χ0) is 14.8. The van der Waals surface area contributed by atoms with Crippen LogP contribution in [0.5, 0.6) is 0 Å². The summed E-state index contributed by atoms with van der Waals surface area (Å²) in [5.74, 6) is 0. The Balaban J connectivity index is 2.23. The number of hydrogen-bond donors (Lipinski definition) is 2. The Labute approximate surface area is 118 Å². The van der Waals surface area contributed by atoms with E-state index in [1.54, 1.807) is 12.1 Å². The van der Waals surface area contributed by atoms with E-state index in [4.69, 9.17) is 5.73 Å². The van der Waals surface area contributed by atoms with Crippen LogP contribution in [0.2, 0.25) is 0 Å². The molecule has 0 aliphatic carbocycles. The molecule has 0 spiro atoms. The van der Waals surface area contributed by atoms with Crippen LogP contribution in [0.1, 0.15) is 11.1 Å². The van der Waals surface area contributed by atoms with Crippen LogP contribution >= 0.6 is 0 Å². The molecular formula is C13H18N4O2S. The van der Waals surface area contributed by atoms with E-state index >= 15 is 0 Å². The number of rotatable bonds is 5. The van der Waals surface area contributed by atoms with Gasteiger partial charge in [-0.2, -0.15) is 5.10 Å². The molecule has 0 aliphatic heterocycles. The van der Waals surface area contributed by atoms with E-state index in [1.807, 2.05) is 19.9 Å². The summed E-state index contributed by atoms with van der Waals surface area (Å²) >= 11 is 0. The Hall–Kier alpha value is -1.86. The molecule has 0 fully saturated rings. The van der Waals surface area contributed by atoms with Crippen molar-refractivity contribution in [2.24, 2.45) is 5.73 Å². The summed E-state index contributed by atoms with van der Waals surface area (Å²) in [4.78, 5) is 0.129. The van der Waals surface area contributed by atoms with Crippen molar-refractivity contribution in [3.63, 3.8) is 0 Å². The highest BCUT2D eigenvalue weighted by atomic mass is 32.2. The van der Waals surface area contributed by atoms with Crippen LogP contribution in [-0.2, 0) is 16.6 Å². The molecule has 0 unspecified atom stereocenters. The normalized spacial score (nSPS) is 11.6. The molecular weight excluding hydrogens is 276 g/mol. The van der Waals surface area contributed by atoms with Crippen molar-refractivity contribution in [2.45, 2.75) is 25.3 Å². The standard InChI is InChI=1S/C13H18N4O2S/c1-10-3-4-12(7-11(10)2)16-20(18,19)13-8-15-17(9-13)6-5-14/h3-4,7-9,16H,5-6,14H2,1-2H3. The summed E-state index contributed by atoms with van der Waals surface area (Å²) in [6, 6.07) is 5.42. The van der Waals surface area contributed by atoms with Crippen molar-refractivity contribution in [2.75, 3.05) is 11.3 Å². The summed E-state index contributed by atoms with van der Waals surface area (Å²) < 4.78 is 28.5. The van der Waals surface area contributed by atoms with Gasteiger partial charge in [0, 0.05) is 18.4 Å². The van der Waals surface area contributed by atoms with Crippen LogP contribution in [-0.4, -0.2) is 24.7 Å². The fraction of sp³-hybridized carbons (Fsp3) is 0.308. The molecule has 0 radical (unpaired) electrons. The van der Waals surface area contributed by atoms with Crippen molar-refractivity contribution in [3.05, 3.63) is 41.7 Å². The molecule has 7 heteroatoms. The van der Waals surface area contributed by atoms with E-state index in [9.17, 15) is 8.42 Å². The monoisotopic (exact) mass is 294 g/mol. The smallest absolute Gasteiger partial charge is 0.265 e. The topological polar surface area (TPSA) is 90.0 Å². The molecule has 6 nitrogen and oxygen atoms in total. The Morgan fingerprint density at radius 2 is 2.05 bits per heavy atom. The SMILES string of the molecule is Cc1ccc(NS(=O)(=O)c2cnn(CCN)c2)cc1C. The number of anilines is 1. The molecule has 1 aromatic carbocycles. The van der Waals surface area contributed by atoms with E-state index < -0.39 is 10.0 Å². The largest absolute Gasteiger partial charge is 0.329 e. The van der Waals surface area contributed by atoms with Gasteiger partial charge in [-0.15, -0.1) is 0 Å². The van der Waals surface area contributed by atoms with Crippen LogP contribution in [0.3, 0.4) is 0 Å². The van der Waals surface area contributed by atoms with Crippen LogP contribution in [0.15, 0.2) is 35.5 Å². The van der Waals surface area contributed by atoms with Gasteiger partial charge >= 0.3 is 0 Å². The molecule has 2 aromatic rings. The summed E-state index contributed by atoms with van der Waals surface area (Å²) in [5.41, 5.74) is 8.09. The lowest BCUT2D eigenvalue weighted by molar-refractivity contribution is 0.599. The van der Waals surface area contributed by atoms with Gasteiger partial charge in [-0.1, -0.05) is 6.07 Å². The minimum Gasteiger partial charge on any atom is -0.329 e. The number of aromatic nitrogens is 2. The number of benzene rings is 1. The van der Waals surface area contributed by atoms with E-state index in [0.717, 1.165) is 11.1 Å². The Kier molecular flexibility index (Phi) is 4.10. The number of nitrogens with one attached hydrogen (secondary N) is 1. The minimum atomic E-state index is -3.61. The highest BCUT2D eigenvalue weighted by Gasteiger charge is 2.16. The first-order valence-corrected chi connectivity index (χ1v) is 7.73. The van der Waals surface area contributed by atoms with Gasteiger partial charge in [0.2, 0.25) is 0 Å². The van der Waals surface area contributed by atoms with Gasteiger partial charge < -0.3 is 5.73 Å². The average Bonchev–Trinajstić information content (AvgIpc) is 2.83. The quantitative estimate of drug-likeness (QED) is 0.868. The number of hydrogen-bond acceptors (Lipinski definition) is 4. The lowest BCUT2D eigenvalue weighted by Crippen LogP contribution is -2.13. The van der Waals surface area contributed by atoms with Crippen molar-refractivity contribution in [1.82, 2.24) is 9.78 Å². The van der Waals surface area contributed by atoms with Gasteiger partial charge in [0.15, 0.2) is 0 Å². The zero-order valence-corrected chi connectivity index (χ0v) is 12.3. The highest BCUT2D eigenvalue weighted by molar-refractivity contribution is 7.92. The maximum Gasteiger partial charge on any atom is 0.265 e. The van der Waals surface area contributed by atoms with Gasteiger partial charge in [0.1, 0.15) is 4.90 Å². The third-order valence-corrected chi connectivity index (χ3v) is 4.37. The van der Waals surface area contributed by atoms with E-state index in [-0.39, 0.29) is 4.90 Å². The number of sulfonamides is 1. The van der Waals surface area contributed by atoms with Gasteiger partial charge in [-0.05, 0) is 37.1 Å². The maximum atomic E-state index is 12.2. The predicted molar refractivity (Wildman–Crippen MR) is 78.0 cm³/mol. The summed E-state index contributed by atoms with van der Waals surface area (Å²) in [6.07, 6.45) is 2.79. The molecule has 0 aliphatic rings. The van der Waals surface area contributed by atoms with E-state index in [0.29, 0.717) is 18.8 Å². The van der Waals surface area contributed by atoms with Crippen molar-refractivity contribution < 1.29 is 8.42 Å². The molecule has 108 valence electrons. The lowest BCUT2D eigenvalue weighted by atomic mass is 10.1. The molecule has 0 saturated carbocycles. The van der Waals surface area contributed by atoms with Gasteiger partial charge in [0.25, 0.3) is 10.0 Å². The second-order valence-electron chi connectivity index (χ2n) is 4.63.